The second-order valence-electron chi connectivity index (χ2n) is 4.16. The van der Waals surface area contributed by atoms with Crippen molar-refractivity contribution >= 4 is 5.91 Å². The summed E-state index contributed by atoms with van der Waals surface area (Å²) < 4.78 is 0. The molecule has 0 spiro atoms. The van der Waals surface area contributed by atoms with Crippen LogP contribution in [0.1, 0.15) is 19.8 Å². The van der Waals surface area contributed by atoms with E-state index in [0.29, 0.717) is 12.5 Å². The van der Waals surface area contributed by atoms with Gasteiger partial charge in [-0.05, 0) is 32.2 Å². The molecule has 1 atom stereocenters. The summed E-state index contributed by atoms with van der Waals surface area (Å²) in [6, 6.07) is -0.178. The van der Waals surface area contributed by atoms with Crippen molar-refractivity contribution in [1.29, 1.82) is 0 Å². The Balaban J connectivity index is 2.09. The van der Waals surface area contributed by atoms with Crippen LogP contribution in [0.5, 0.6) is 0 Å². The third-order valence-electron chi connectivity index (χ3n) is 2.74. The molecule has 1 unspecified atom stereocenters. The van der Waals surface area contributed by atoms with Crippen LogP contribution in [0, 0.1) is 5.92 Å². The molecule has 0 heterocycles. The molecule has 0 aromatic heterocycles. The molecule has 0 aromatic rings. The van der Waals surface area contributed by atoms with E-state index >= 15 is 0 Å². The van der Waals surface area contributed by atoms with E-state index in [4.69, 9.17) is 5.11 Å². The van der Waals surface area contributed by atoms with Gasteiger partial charge in [0, 0.05) is 6.54 Å². The van der Waals surface area contributed by atoms with Crippen LogP contribution in [0.15, 0.2) is 12.7 Å². The van der Waals surface area contributed by atoms with Gasteiger partial charge < -0.3 is 15.7 Å². The Kier molecular flexibility index (Phi) is 4.78. The SMILES string of the molecule is C=CCNC(=O)C(C)NCC1CC(O)C1. The number of carbonyl (C=O) groups is 1. The maximum atomic E-state index is 11.4. The largest absolute Gasteiger partial charge is 0.393 e. The first kappa shape index (κ1) is 12.2. The van der Waals surface area contributed by atoms with Gasteiger partial charge in [0.15, 0.2) is 0 Å². The Labute approximate surface area is 90.7 Å². The van der Waals surface area contributed by atoms with Crippen molar-refractivity contribution in [1.82, 2.24) is 10.6 Å². The van der Waals surface area contributed by atoms with Crippen LogP contribution in [0.2, 0.25) is 0 Å². The lowest BCUT2D eigenvalue weighted by molar-refractivity contribution is -0.122. The van der Waals surface area contributed by atoms with Gasteiger partial charge in [-0.1, -0.05) is 6.08 Å². The Morgan fingerprint density at radius 1 is 1.67 bits per heavy atom. The molecule has 3 N–H and O–H groups in total. The van der Waals surface area contributed by atoms with Gasteiger partial charge in [0.05, 0.1) is 12.1 Å². The minimum Gasteiger partial charge on any atom is -0.393 e. The minimum atomic E-state index is -0.178. The number of hydrogen-bond acceptors (Lipinski definition) is 3. The molecule has 0 aliphatic heterocycles. The van der Waals surface area contributed by atoms with Crippen molar-refractivity contribution in [2.45, 2.75) is 31.9 Å². The van der Waals surface area contributed by atoms with Crippen LogP contribution in [0.25, 0.3) is 0 Å². The lowest BCUT2D eigenvalue weighted by Gasteiger charge is -2.32. The third kappa shape index (κ3) is 4.01. The van der Waals surface area contributed by atoms with E-state index in [1.54, 1.807) is 6.08 Å². The van der Waals surface area contributed by atoms with E-state index in [1.165, 1.54) is 0 Å². The maximum Gasteiger partial charge on any atom is 0.237 e. The summed E-state index contributed by atoms with van der Waals surface area (Å²) in [4.78, 5) is 11.4. The summed E-state index contributed by atoms with van der Waals surface area (Å²) in [6.07, 6.45) is 3.25. The quantitative estimate of drug-likeness (QED) is 0.545. The molecule has 86 valence electrons. The molecule has 4 heteroatoms. The van der Waals surface area contributed by atoms with Crippen molar-refractivity contribution in [3.8, 4) is 0 Å². The van der Waals surface area contributed by atoms with Gasteiger partial charge in [-0.25, -0.2) is 0 Å². The molecule has 0 bridgehead atoms. The molecule has 0 radical (unpaired) electrons. The zero-order valence-corrected chi connectivity index (χ0v) is 9.20. The van der Waals surface area contributed by atoms with Crippen molar-refractivity contribution in [2.75, 3.05) is 13.1 Å². The number of amides is 1. The maximum absolute atomic E-state index is 11.4. The summed E-state index contributed by atoms with van der Waals surface area (Å²) in [5, 5.41) is 15.0. The van der Waals surface area contributed by atoms with E-state index < -0.39 is 0 Å². The molecule has 1 aliphatic rings. The molecular weight excluding hydrogens is 192 g/mol. The molecule has 1 aliphatic carbocycles. The molecule has 1 fully saturated rings. The Morgan fingerprint density at radius 3 is 2.87 bits per heavy atom. The number of rotatable bonds is 6. The Bertz CT molecular complexity index is 225. The van der Waals surface area contributed by atoms with Gasteiger partial charge in [-0.3, -0.25) is 4.79 Å². The average Bonchev–Trinajstić information content (AvgIpc) is 2.18. The second kappa shape index (κ2) is 5.88. The lowest BCUT2D eigenvalue weighted by atomic mass is 9.82. The van der Waals surface area contributed by atoms with Crippen molar-refractivity contribution in [3.05, 3.63) is 12.7 Å². The Hall–Kier alpha value is -0.870. The van der Waals surface area contributed by atoms with E-state index in [1.807, 2.05) is 6.92 Å². The minimum absolute atomic E-state index is 0.00484. The fourth-order valence-corrected chi connectivity index (χ4v) is 1.63. The zero-order chi connectivity index (χ0) is 11.3. The van der Waals surface area contributed by atoms with E-state index in [9.17, 15) is 4.79 Å². The first-order valence-corrected chi connectivity index (χ1v) is 5.43. The van der Waals surface area contributed by atoms with Crippen LogP contribution in [0.4, 0.5) is 0 Å². The van der Waals surface area contributed by atoms with Crippen LogP contribution in [-0.4, -0.2) is 36.2 Å². The number of aliphatic hydroxyl groups excluding tert-OH is 1. The zero-order valence-electron chi connectivity index (χ0n) is 9.20. The highest BCUT2D eigenvalue weighted by Crippen LogP contribution is 2.26. The average molecular weight is 212 g/mol. The van der Waals surface area contributed by atoms with Crippen molar-refractivity contribution in [3.63, 3.8) is 0 Å². The first-order valence-electron chi connectivity index (χ1n) is 5.43. The summed E-state index contributed by atoms with van der Waals surface area (Å²) in [7, 11) is 0. The smallest absolute Gasteiger partial charge is 0.237 e. The van der Waals surface area contributed by atoms with Crippen LogP contribution >= 0.6 is 0 Å². The van der Waals surface area contributed by atoms with Crippen molar-refractivity contribution in [2.24, 2.45) is 5.92 Å². The molecule has 1 saturated carbocycles. The van der Waals surface area contributed by atoms with Gasteiger partial charge >= 0.3 is 0 Å². The highest BCUT2D eigenvalue weighted by molar-refractivity contribution is 5.81. The topological polar surface area (TPSA) is 61.4 Å². The summed E-state index contributed by atoms with van der Waals surface area (Å²) in [5.41, 5.74) is 0. The van der Waals surface area contributed by atoms with Gasteiger partial charge in [-0.15, -0.1) is 6.58 Å². The highest BCUT2D eigenvalue weighted by atomic mass is 16.3. The summed E-state index contributed by atoms with van der Waals surface area (Å²) >= 11 is 0. The number of aliphatic hydroxyl groups is 1. The molecular formula is C11H20N2O2. The van der Waals surface area contributed by atoms with Gasteiger partial charge in [0.25, 0.3) is 0 Å². The van der Waals surface area contributed by atoms with Gasteiger partial charge in [0.1, 0.15) is 0 Å². The van der Waals surface area contributed by atoms with E-state index in [-0.39, 0.29) is 18.1 Å². The molecule has 4 nitrogen and oxygen atoms in total. The van der Waals surface area contributed by atoms with E-state index in [2.05, 4.69) is 17.2 Å². The monoisotopic (exact) mass is 212 g/mol. The standard InChI is InChI=1S/C11H20N2O2/c1-3-4-12-11(15)8(2)13-7-9-5-10(14)6-9/h3,8-10,13-14H,1,4-7H2,2H3,(H,12,15). The lowest BCUT2D eigenvalue weighted by Crippen LogP contribution is -2.46. The molecule has 0 aromatic carbocycles. The molecule has 0 saturated heterocycles. The third-order valence-corrected chi connectivity index (χ3v) is 2.74. The molecule has 1 rings (SSSR count). The van der Waals surface area contributed by atoms with Crippen LogP contribution in [-0.2, 0) is 4.79 Å². The number of carbonyl (C=O) groups excluding carboxylic acids is 1. The molecule has 15 heavy (non-hydrogen) atoms. The number of nitrogens with one attached hydrogen (secondary N) is 2. The normalized spacial score (nSPS) is 26.5. The fourth-order valence-electron chi connectivity index (χ4n) is 1.63. The summed E-state index contributed by atoms with van der Waals surface area (Å²) in [6.45, 7) is 6.69. The predicted octanol–water partition coefficient (Wildman–Crippen LogP) is 0.0376. The van der Waals surface area contributed by atoms with Gasteiger partial charge in [-0.2, -0.15) is 0 Å². The molecule has 1 amide bonds. The summed E-state index contributed by atoms with van der Waals surface area (Å²) in [5.74, 6) is 0.518. The van der Waals surface area contributed by atoms with E-state index in [0.717, 1.165) is 19.4 Å². The van der Waals surface area contributed by atoms with Gasteiger partial charge in [0.2, 0.25) is 5.91 Å². The number of hydrogen-bond donors (Lipinski definition) is 3. The first-order chi connectivity index (χ1) is 7.13. The van der Waals surface area contributed by atoms with Crippen LogP contribution < -0.4 is 10.6 Å². The van der Waals surface area contributed by atoms with Crippen molar-refractivity contribution < 1.29 is 9.90 Å². The highest BCUT2D eigenvalue weighted by Gasteiger charge is 2.27. The van der Waals surface area contributed by atoms with Crippen LogP contribution in [0.3, 0.4) is 0 Å². The Morgan fingerprint density at radius 2 is 2.33 bits per heavy atom. The predicted molar refractivity (Wildman–Crippen MR) is 59.4 cm³/mol. The second-order valence-corrected chi connectivity index (χ2v) is 4.16. The fraction of sp³-hybridized carbons (Fsp3) is 0.727.